The van der Waals surface area contributed by atoms with Gasteiger partial charge in [0.25, 0.3) is 0 Å². The molecule has 2 rings (SSSR count). The summed E-state index contributed by atoms with van der Waals surface area (Å²) in [5.41, 5.74) is 5.77. The molecule has 0 aliphatic carbocycles. The molecule has 3 N–H and O–H groups in total. The smallest absolute Gasteiger partial charge is 0.244 e. The second-order valence-corrected chi connectivity index (χ2v) is 7.96. The van der Waals surface area contributed by atoms with Crippen LogP contribution in [0, 0.1) is 5.92 Å². The first-order chi connectivity index (χ1) is 10.7. The summed E-state index contributed by atoms with van der Waals surface area (Å²) in [5.74, 6) is 0.287. The van der Waals surface area contributed by atoms with Gasteiger partial charge in [-0.2, -0.15) is 9.82 Å². The Morgan fingerprint density at radius 3 is 2.75 bits per heavy atom. The van der Waals surface area contributed by atoms with E-state index in [1.807, 2.05) is 0 Å². The molecule has 1 amide bonds. The molecule has 1 aromatic rings. The summed E-state index contributed by atoms with van der Waals surface area (Å²) in [6.07, 6.45) is 4.41. The van der Waals surface area contributed by atoms with Gasteiger partial charge < -0.3 is 10.6 Å². The quantitative estimate of drug-likeness (QED) is 0.753. The van der Waals surface area contributed by atoms with E-state index in [-0.39, 0.29) is 29.3 Å². The Labute approximate surface area is 149 Å². The number of halogens is 1. The fraction of sp³-hybridized carbons (Fsp3) is 0.714. The van der Waals surface area contributed by atoms with Crippen molar-refractivity contribution in [3.05, 3.63) is 12.4 Å². The Bertz CT molecular complexity index is 663. The van der Waals surface area contributed by atoms with E-state index in [0.717, 1.165) is 12.8 Å². The van der Waals surface area contributed by atoms with Crippen LogP contribution in [0.5, 0.6) is 0 Å². The molecular weight excluding hydrogens is 354 g/mol. The standard InChI is InChI=1S/C14H25N5O3S.ClH/c1-10-4-5-19(12(6-10)7-15)14(20)11(2)17-23(21,22)13-8-16-18(3)9-13;/h8-12,17H,4-7,15H2,1-3H3;1H. The summed E-state index contributed by atoms with van der Waals surface area (Å²) in [6.45, 7) is 4.69. The van der Waals surface area contributed by atoms with Gasteiger partial charge in [0.05, 0.1) is 12.2 Å². The molecule has 10 heteroatoms. The monoisotopic (exact) mass is 379 g/mol. The third-order valence-corrected chi connectivity index (χ3v) is 5.72. The maximum absolute atomic E-state index is 12.6. The predicted octanol–water partition coefficient (Wildman–Crippen LogP) is 0.0945. The third-order valence-electron chi connectivity index (χ3n) is 4.23. The van der Waals surface area contributed by atoms with Crippen molar-refractivity contribution in [1.82, 2.24) is 19.4 Å². The van der Waals surface area contributed by atoms with Gasteiger partial charge in [-0.3, -0.25) is 9.48 Å². The van der Waals surface area contributed by atoms with Gasteiger partial charge in [-0.25, -0.2) is 8.42 Å². The number of nitrogens with zero attached hydrogens (tertiary/aromatic N) is 3. The van der Waals surface area contributed by atoms with Crippen molar-refractivity contribution < 1.29 is 13.2 Å². The average Bonchev–Trinajstić information content (AvgIpc) is 2.93. The fourth-order valence-corrected chi connectivity index (χ4v) is 4.08. The van der Waals surface area contributed by atoms with E-state index < -0.39 is 16.1 Å². The molecule has 1 fully saturated rings. The molecule has 2 heterocycles. The van der Waals surface area contributed by atoms with Crippen LogP contribution >= 0.6 is 12.4 Å². The van der Waals surface area contributed by atoms with Gasteiger partial charge in [0.1, 0.15) is 4.90 Å². The molecule has 3 unspecified atom stereocenters. The molecule has 0 spiro atoms. The minimum atomic E-state index is -3.77. The van der Waals surface area contributed by atoms with Crippen LogP contribution in [0.25, 0.3) is 0 Å². The van der Waals surface area contributed by atoms with E-state index in [4.69, 9.17) is 5.73 Å². The van der Waals surface area contributed by atoms with E-state index >= 15 is 0 Å². The van der Waals surface area contributed by atoms with Crippen molar-refractivity contribution in [3.8, 4) is 0 Å². The van der Waals surface area contributed by atoms with Gasteiger partial charge in [-0.15, -0.1) is 12.4 Å². The van der Waals surface area contributed by atoms with Crippen LogP contribution in [0.15, 0.2) is 17.3 Å². The van der Waals surface area contributed by atoms with Gasteiger partial charge in [-0.1, -0.05) is 6.92 Å². The zero-order valence-corrected chi connectivity index (χ0v) is 15.8. The molecule has 0 saturated carbocycles. The zero-order valence-electron chi connectivity index (χ0n) is 14.2. The first-order valence-corrected chi connectivity index (χ1v) is 9.24. The summed E-state index contributed by atoms with van der Waals surface area (Å²) < 4.78 is 28.4. The number of aromatic nitrogens is 2. The van der Waals surface area contributed by atoms with E-state index in [9.17, 15) is 13.2 Å². The molecule has 24 heavy (non-hydrogen) atoms. The zero-order chi connectivity index (χ0) is 17.2. The molecule has 1 saturated heterocycles. The highest BCUT2D eigenvalue weighted by Crippen LogP contribution is 2.22. The summed E-state index contributed by atoms with van der Waals surface area (Å²) in [5, 5.41) is 3.84. The lowest BCUT2D eigenvalue weighted by molar-refractivity contribution is -0.136. The molecule has 0 aromatic carbocycles. The average molecular weight is 380 g/mol. The van der Waals surface area contributed by atoms with Crippen LogP contribution in [0.4, 0.5) is 0 Å². The van der Waals surface area contributed by atoms with Crippen LogP contribution in [0.2, 0.25) is 0 Å². The Balaban J connectivity index is 0.00000288. The lowest BCUT2D eigenvalue weighted by Gasteiger charge is -2.39. The number of carbonyl (C=O) groups excluding carboxylic acids is 1. The summed E-state index contributed by atoms with van der Waals surface area (Å²) in [7, 11) is -2.14. The van der Waals surface area contributed by atoms with E-state index in [0.29, 0.717) is 19.0 Å². The van der Waals surface area contributed by atoms with Crippen molar-refractivity contribution in [3.63, 3.8) is 0 Å². The van der Waals surface area contributed by atoms with Gasteiger partial charge in [0, 0.05) is 32.4 Å². The van der Waals surface area contributed by atoms with Crippen LogP contribution in [-0.4, -0.2) is 54.2 Å². The maximum atomic E-state index is 12.6. The number of nitrogens with two attached hydrogens (primary N) is 1. The highest BCUT2D eigenvalue weighted by atomic mass is 35.5. The number of amides is 1. The number of rotatable bonds is 5. The first-order valence-electron chi connectivity index (χ1n) is 7.76. The second kappa shape index (κ2) is 8.28. The number of nitrogens with one attached hydrogen (secondary N) is 1. The topological polar surface area (TPSA) is 110 Å². The van der Waals surface area contributed by atoms with Crippen molar-refractivity contribution in [1.29, 1.82) is 0 Å². The van der Waals surface area contributed by atoms with E-state index in [1.54, 1.807) is 18.9 Å². The highest BCUT2D eigenvalue weighted by Gasteiger charge is 2.33. The molecular formula is C14H26ClN5O3S. The van der Waals surface area contributed by atoms with Gasteiger partial charge in [0.2, 0.25) is 15.9 Å². The Hall–Kier alpha value is -1.16. The normalized spacial score (nSPS) is 22.8. The Kier molecular flexibility index (Phi) is 7.21. The molecule has 0 radical (unpaired) electrons. The highest BCUT2D eigenvalue weighted by molar-refractivity contribution is 7.89. The molecule has 1 aliphatic rings. The molecule has 0 bridgehead atoms. The lowest BCUT2D eigenvalue weighted by Crippen LogP contribution is -2.55. The van der Waals surface area contributed by atoms with Crippen LogP contribution in [0.3, 0.4) is 0 Å². The van der Waals surface area contributed by atoms with Gasteiger partial charge in [0.15, 0.2) is 0 Å². The third kappa shape index (κ3) is 4.69. The second-order valence-electron chi connectivity index (χ2n) is 6.24. The van der Waals surface area contributed by atoms with Crippen LogP contribution < -0.4 is 10.5 Å². The number of hydrogen-bond acceptors (Lipinski definition) is 5. The number of hydrogen-bond donors (Lipinski definition) is 2. The van der Waals surface area contributed by atoms with Crippen molar-refractivity contribution in [2.45, 2.75) is 43.7 Å². The molecule has 1 aliphatic heterocycles. The number of carbonyl (C=O) groups is 1. The largest absolute Gasteiger partial charge is 0.337 e. The first kappa shape index (κ1) is 20.9. The number of piperidine rings is 1. The maximum Gasteiger partial charge on any atom is 0.244 e. The lowest BCUT2D eigenvalue weighted by atomic mass is 9.92. The van der Waals surface area contributed by atoms with Gasteiger partial charge >= 0.3 is 0 Å². The van der Waals surface area contributed by atoms with Crippen molar-refractivity contribution >= 4 is 28.3 Å². The molecule has 1 aromatic heterocycles. The number of likely N-dealkylation sites (tertiary alicyclic amines) is 1. The summed E-state index contributed by atoms with van der Waals surface area (Å²) in [6, 6.07) is -0.876. The van der Waals surface area contributed by atoms with E-state index in [1.165, 1.54) is 17.1 Å². The SMILES string of the molecule is CC1CCN(C(=O)C(C)NS(=O)(=O)c2cnn(C)c2)C(CN)C1.Cl. The summed E-state index contributed by atoms with van der Waals surface area (Å²) in [4.78, 5) is 14.4. The molecule has 3 atom stereocenters. The molecule has 8 nitrogen and oxygen atoms in total. The van der Waals surface area contributed by atoms with Crippen molar-refractivity contribution in [2.24, 2.45) is 18.7 Å². The van der Waals surface area contributed by atoms with Crippen LogP contribution in [-0.2, 0) is 21.9 Å². The van der Waals surface area contributed by atoms with E-state index in [2.05, 4.69) is 16.7 Å². The van der Waals surface area contributed by atoms with Crippen molar-refractivity contribution in [2.75, 3.05) is 13.1 Å². The Morgan fingerprint density at radius 1 is 1.54 bits per heavy atom. The Morgan fingerprint density at radius 2 is 2.21 bits per heavy atom. The fourth-order valence-electron chi connectivity index (χ4n) is 2.90. The number of sulfonamides is 1. The predicted molar refractivity (Wildman–Crippen MR) is 93.2 cm³/mol. The summed E-state index contributed by atoms with van der Waals surface area (Å²) >= 11 is 0. The minimum Gasteiger partial charge on any atom is -0.337 e. The molecule has 138 valence electrons. The number of aryl methyl sites for hydroxylation is 1. The minimum absolute atomic E-state index is 0. The van der Waals surface area contributed by atoms with Crippen LogP contribution in [0.1, 0.15) is 26.7 Å². The van der Waals surface area contributed by atoms with Gasteiger partial charge in [-0.05, 0) is 25.7 Å².